The minimum Gasteiger partial charge on any atom is -0.496 e. The zero-order valence-electron chi connectivity index (χ0n) is 13.0. The van der Waals surface area contributed by atoms with Gasteiger partial charge >= 0.3 is 0 Å². The molecule has 0 spiro atoms. The van der Waals surface area contributed by atoms with E-state index in [9.17, 15) is 0 Å². The van der Waals surface area contributed by atoms with Gasteiger partial charge < -0.3 is 4.74 Å². The fourth-order valence-electron chi connectivity index (χ4n) is 2.97. The van der Waals surface area contributed by atoms with Crippen LogP contribution in [0.15, 0.2) is 47.7 Å². The average molecular weight is 294 g/mol. The van der Waals surface area contributed by atoms with E-state index in [1.54, 1.807) is 7.11 Å². The first-order valence-electron chi connectivity index (χ1n) is 7.98. The van der Waals surface area contributed by atoms with E-state index in [0.717, 1.165) is 22.4 Å². The lowest BCUT2D eigenvalue weighted by Gasteiger charge is -2.17. The molecule has 1 aliphatic rings. The number of ether oxygens (including phenoxy) is 1. The van der Waals surface area contributed by atoms with Crippen LogP contribution in [-0.4, -0.2) is 24.4 Å². The van der Waals surface area contributed by atoms with Crippen molar-refractivity contribution in [2.45, 2.75) is 38.1 Å². The lowest BCUT2D eigenvalue weighted by molar-refractivity contribution is 0.414. The van der Waals surface area contributed by atoms with E-state index in [0.29, 0.717) is 6.04 Å². The zero-order valence-corrected chi connectivity index (χ0v) is 13.0. The molecule has 1 aliphatic carbocycles. The van der Waals surface area contributed by atoms with Gasteiger partial charge in [0, 0.05) is 30.2 Å². The molecule has 3 rings (SSSR count). The second-order valence-corrected chi connectivity index (χ2v) is 5.76. The summed E-state index contributed by atoms with van der Waals surface area (Å²) in [5, 5.41) is 0. The number of aromatic nitrogens is 1. The molecule has 0 aliphatic heterocycles. The molecule has 1 heterocycles. The standard InChI is InChI=1S/C19H22N2O/c1-22-19-8-7-16(15-9-11-20-12-10-15)13-17(19)14-21-18-5-3-2-4-6-18/h7-14,18H,2-6H2,1H3/b21-14-. The molecule has 1 saturated carbocycles. The van der Waals surface area contributed by atoms with E-state index in [2.05, 4.69) is 17.1 Å². The summed E-state index contributed by atoms with van der Waals surface area (Å²) >= 11 is 0. The van der Waals surface area contributed by atoms with E-state index in [1.807, 2.05) is 36.8 Å². The molecule has 3 nitrogen and oxygen atoms in total. The molecule has 2 aromatic rings. The molecule has 1 fully saturated rings. The Morgan fingerprint density at radius 3 is 2.55 bits per heavy atom. The zero-order chi connectivity index (χ0) is 15.2. The lowest BCUT2D eigenvalue weighted by atomic mass is 9.96. The van der Waals surface area contributed by atoms with Crippen LogP contribution in [0.4, 0.5) is 0 Å². The lowest BCUT2D eigenvalue weighted by Crippen LogP contribution is -2.09. The molecule has 1 aromatic heterocycles. The van der Waals surface area contributed by atoms with Gasteiger partial charge in [-0.05, 0) is 48.2 Å². The summed E-state index contributed by atoms with van der Waals surface area (Å²) in [6.07, 6.45) is 12.0. The third kappa shape index (κ3) is 3.53. The van der Waals surface area contributed by atoms with Crippen LogP contribution < -0.4 is 4.74 Å². The molecular weight excluding hydrogens is 272 g/mol. The number of nitrogens with zero attached hydrogens (tertiary/aromatic N) is 2. The van der Waals surface area contributed by atoms with Gasteiger partial charge in [0.2, 0.25) is 0 Å². The summed E-state index contributed by atoms with van der Waals surface area (Å²) in [6, 6.07) is 10.7. The highest BCUT2D eigenvalue weighted by Crippen LogP contribution is 2.26. The summed E-state index contributed by atoms with van der Waals surface area (Å²) < 4.78 is 5.47. The van der Waals surface area contributed by atoms with Crippen molar-refractivity contribution in [3.05, 3.63) is 48.3 Å². The Hall–Kier alpha value is -2.16. The van der Waals surface area contributed by atoms with Crippen molar-refractivity contribution in [1.29, 1.82) is 0 Å². The monoisotopic (exact) mass is 294 g/mol. The van der Waals surface area contributed by atoms with Crippen molar-refractivity contribution in [2.24, 2.45) is 4.99 Å². The maximum Gasteiger partial charge on any atom is 0.127 e. The smallest absolute Gasteiger partial charge is 0.127 e. The molecule has 0 bridgehead atoms. The molecule has 3 heteroatoms. The van der Waals surface area contributed by atoms with Gasteiger partial charge in [0.05, 0.1) is 7.11 Å². The quantitative estimate of drug-likeness (QED) is 0.778. The molecule has 0 radical (unpaired) electrons. The van der Waals surface area contributed by atoms with E-state index >= 15 is 0 Å². The van der Waals surface area contributed by atoms with Crippen molar-refractivity contribution in [3.8, 4) is 16.9 Å². The predicted molar refractivity (Wildman–Crippen MR) is 90.7 cm³/mol. The van der Waals surface area contributed by atoms with Gasteiger partial charge in [-0.25, -0.2) is 0 Å². The Morgan fingerprint density at radius 2 is 1.82 bits per heavy atom. The number of hydrogen-bond donors (Lipinski definition) is 0. The first kappa shape index (κ1) is 14.8. The summed E-state index contributed by atoms with van der Waals surface area (Å²) in [6.45, 7) is 0. The van der Waals surface area contributed by atoms with Gasteiger partial charge in [0.1, 0.15) is 5.75 Å². The van der Waals surface area contributed by atoms with Gasteiger partial charge in [-0.2, -0.15) is 0 Å². The van der Waals surface area contributed by atoms with Gasteiger partial charge in [-0.1, -0.05) is 25.3 Å². The molecule has 0 saturated heterocycles. The van der Waals surface area contributed by atoms with E-state index < -0.39 is 0 Å². The Bertz CT molecular complexity index is 631. The third-order valence-corrected chi connectivity index (χ3v) is 4.24. The van der Waals surface area contributed by atoms with Crippen molar-refractivity contribution >= 4 is 6.21 Å². The van der Waals surface area contributed by atoms with E-state index in [4.69, 9.17) is 9.73 Å². The number of benzene rings is 1. The maximum atomic E-state index is 5.47. The number of pyridine rings is 1. The minimum absolute atomic E-state index is 0.475. The summed E-state index contributed by atoms with van der Waals surface area (Å²) in [5.41, 5.74) is 3.36. The highest BCUT2D eigenvalue weighted by molar-refractivity contribution is 5.86. The van der Waals surface area contributed by atoms with Gasteiger partial charge in [0.15, 0.2) is 0 Å². The predicted octanol–water partition coefficient (Wildman–Crippen LogP) is 4.51. The number of hydrogen-bond acceptors (Lipinski definition) is 3. The van der Waals surface area contributed by atoms with Crippen LogP contribution in [0.5, 0.6) is 5.75 Å². The summed E-state index contributed by atoms with van der Waals surface area (Å²) in [5.74, 6) is 0.873. The van der Waals surface area contributed by atoms with Crippen LogP contribution in [0, 0.1) is 0 Å². The van der Waals surface area contributed by atoms with Crippen molar-refractivity contribution < 1.29 is 4.74 Å². The molecule has 1 aromatic carbocycles. The molecule has 22 heavy (non-hydrogen) atoms. The first-order valence-corrected chi connectivity index (χ1v) is 7.98. The highest BCUT2D eigenvalue weighted by atomic mass is 16.5. The van der Waals surface area contributed by atoms with Crippen LogP contribution in [0.3, 0.4) is 0 Å². The van der Waals surface area contributed by atoms with Crippen molar-refractivity contribution in [2.75, 3.05) is 7.11 Å². The number of aliphatic imine (C=N–C) groups is 1. The molecule has 0 atom stereocenters. The first-order chi connectivity index (χ1) is 10.9. The molecule has 0 amide bonds. The van der Waals surface area contributed by atoms with Gasteiger partial charge in [0.25, 0.3) is 0 Å². The van der Waals surface area contributed by atoms with Crippen LogP contribution in [-0.2, 0) is 0 Å². The summed E-state index contributed by atoms with van der Waals surface area (Å²) in [4.78, 5) is 8.85. The second-order valence-electron chi connectivity index (χ2n) is 5.76. The van der Waals surface area contributed by atoms with Gasteiger partial charge in [-0.3, -0.25) is 9.98 Å². The fraction of sp³-hybridized carbons (Fsp3) is 0.368. The van der Waals surface area contributed by atoms with Gasteiger partial charge in [-0.15, -0.1) is 0 Å². The van der Waals surface area contributed by atoms with Crippen LogP contribution in [0.2, 0.25) is 0 Å². The minimum atomic E-state index is 0.475. The second kappa shape index (κ2) is 7.21. The maximum absolute atomic E-state index is 5.47. The average Bonchev–Trinajstić information content (AvgIpc) is 2.61. The molecule has 114 valence electrons. The number of rotatable bonds is 4. The Balaban J connectivity index is 1.86. The Labute approximate surface area is 132 Å². The third-order valence-electron chi connectivity index (χ3n) is 4.24. The van der Waals surface area contributed by atoms with E-state index in [-0.39, 0.29) is 0 Å². The molecular formula is C19H22N2O. The van der Waals surface area contributed by atoms with Crippen molar-refractivity contribution in [3.63, 3.8) is 0 Å². The van der Waals surface area contributed by atoms with Crippen LogP contribution >= 0.6 is 0 Å². The van der Waals surface area contributed by atoms with Crippen LogP contribution in [0.25, 0.3) is 11.1 Å². The Morgan fingerprint density at radius 1 is 1.05 bits per heavy atom. The Kier molecular flexibility index (Phi) is 4.84. The normalized spacial score (nSPS) is 16.0. The van der Waals surface area contributed by atoms with E-state index in [1.165, 1.54) is 32.1 Å². The van der Waals surface area contributed by atoms with Crippen molar-refractivity contribution in [1.82, 2.24) is 4.98 Å². The van der Waals surface area contributed by atoms with Crippen LogP contribution in [0.1, 0.15) is 37.7 Å². The number of methoxy groups -OCH3 is 1. The fourth-order valence-corrected chi connectivity index (χ4v) is 2.97. The molecule has 0 unspecified atom stereocenters. The SMILES string of the molecule is COc1ccc(-c2ccncc2)cc1/C=N\C1CCCCC1. The largest absolute Gasteiger partial charge is 0.496 e. The highest BCUT2D eigenvalue weighted by Gasteiger charge is 2.11. The topological polar surface area (TPSA) is 34.5 Å². The summed E-state index contributed by atoms with van der Waals surface area (Å²) in [7, 11) is 1.71. The molecule has 0 N–H and O–H groups in total.